The van der Waals surface area contributed by atoms with Gasteiger partial charge in [0.2, 0.25) is 0 Å². The summed E-state index contributed by atoms with van der Waals surface area (Å²) in [6.45, 7) is 0.596. The first-order chi connectivity index (χ1) is 11.7. The van der Waals surface area contributed by atoms with Gasteiger partial charge in [-0.1, -0.05) is 12.1 Å². The summed E-state index contributed by atoms with van der Waals surface area (Å²) in [5.41, 5.74) is 2.59. The lowest BCUT2D eigenvalue weighted by Crippen LogP contribution is -2.26. The SMILES string of the molecule is Cn1c(CCCNC(=O)c2ncoc2C2CC2)nc2ccccc21. The van der Waals surface area contributed by atoms with Crippen molar-refractivity contribution in [3.8, 4) is 0 Å². The fourth-order valence-electron chi connectivity index (χ4n) is 3.01. The van der Waals surface area contributed by atoms with E-state index in [9.17, 15) is 4.79 Å². The average molecular weight is 324 g/mol. The van der Waals surface area contributed by atoms with E-state index in [1.807, 2.05) is 25.2 Å². The van der Waals surface area contributed by atoms with Crippen LogP contribution in [-0.4, -0.2) is 27.0 Å². The predicted octanol–water partition coefficient (Wildman–Crippen LogP) is 2.80. The minimum atomic E-state index is -0.143. The number of carbonyl (C=O) groups excluding carboxylic acids is 1. The zero-order valence-corrected chi connectivity index (χ0v) is 13.7. The molecule has 1 aliphatic rings. The second-order valence-corrected chi connectivity index (χ2v) is 6.27. The fraction of sp³-hybridized carbons (Fsp3) is 0.389. The van der Waals surface area contributed by atoms with Crippen molar-refractivity contribution in [2.75, 3.05) is 6.54 Å². The molecule has 0 spiro atoms. The smallest absolute Gasteiger partial charge is 0.273 e. The van der Waals surface area contributed by atoms with Gasteiger partial charge < -0.3 is 14.3 Å². The monoisotopic (exact) mass is 324 g/mol. The molecule has 1 amide bonds. The van der Waals surface area contributed by atoms with Crippen LogP contribution in [0.2, 0.25) is 0 Å². The van der Waals surface area contributed by atoms with Gasteiger partial charge in [-0.2, -0.15) is 0 Å². The van der Waals surface area contributed by atoms with Crippen molar-refractivity contribution in [1.82, 2.24) is 19.9 Å². The molecule has 24 heavy (non-hydrogen) atoms. The van der Waals surface area contributed by atoms with Gasteiger partial charge in [0.1, 0.15) is 11.6 Å². The van der Waals surface area contributed by atoms with Crippen LogP contribution in [0.5, 0.6) is 0 Å². The number of aromatic nitrogens is 3. The Balaban J connectivity index is 1.33. The van der Waals surface area contributed by atoms with Gasteiger partial charge >= 0.3 is 0 Å². The van der Waals surface area contributed by atoms with Crippen molar-refractivity contribution >= 4 is 16.9 Å². The maximum atomic E-state index is 12.2. The van der Waals surface area contributed by atoms with Gasteiger partial charge in [-0.3, -0.25) is 4.79 Å². The fourth-order valence-corrected chi connectivity index (χ4v) is 3.01. The highest BCUT2D eigenvalue weighted by Gasteiger charge is 2.32. The molecule has 0 unspecified atom stereocenters. The van der Waals surface area contributed by atoms with Crippen LogP contribution in [0.15, 0.2) is 35.1 Å². The van der Waals surface area contributed by atoms with E-state index in [-0.39, 0.29) is 5.91 Å². The molecule has 6 nitrogen and oxygen atoms in total. The molecule has 2 heterocycles. The Morgan fingerprint density at radius 3 is 3.00 bits per heavy atom. The zero-order valence-electron chi connectivity index (χ0n) is 13.7. The number of hydrogen-bond donors (Lipinski definition) is 1. The Morgan fingerprint density at radius 2 is 2.21 bits per heavy atom. The van der Waals surface area contributed by atoms with Crippen molar-refractivity contribution in [2.24, 2.45) is 7.05 Å². The molecule has 1 aliphatic carbocycles. The second-order valence-electron chi connectivity index (χ2n) is 6.27. The lowest BCUT2D eigenvalue weighted by Gasteiger charge is -2.05. The van der Waals surface area contributed by atoms with Crippen molar-refractivity contribution in [3.05, 3.63) is 47.9 Å². The molecule has 4 rings (SSSR count). The number of benzene rings is 1. The van der Waals surface area contributed by atoms with E-state index in [0.29, 0.717) is 18.2 Å². The molecule has 1 saturated carbocycles. The third-order valence-corrected chi connectivity index (χ3v) is 4.50. The summed E-state index contributed by atoms with van der Waals surface area (Å²) >= 11 is 0. The van der Waals surface area contributed by atoms with E-state index in [1.165, 1.54) is 6.39 Å². The summed E-state index contributed by atoms with van der Waals surface area (Å²) < 4.78 is 7.46. The quantitative estimate of drug-likeness (QED) is 0.708. The molecule has 3 aromatic rings. The minimum absolute atomic E-state index is 0.143. The third kappa shape index (κ3) is 2.79. The van der Waals surface area contributed by atoms with Gasteiger partial charge in [-0.25, -0.2) is 9.97 Å². The van der Waals surface area contributed by atoms with Crippen molar-refractivity contribution in [3.63, 3.8) is 0 Å². The van der Waals surface area contributed by atoms with E-state index >= 15 is 0 Å². The molecule has 1 N–H and O–H groups in total. The highest BCUT2D eigenvalue weighted by atomic mass is 16.3. The highest BCUT2D eigenvalue weighted by molar-refractivity contribution is 5.93. The van der Waals surface area contributed by atoms with Crippen molar-refractivity contribution in [1.29, 1.82) is 0 Å². The largest absolute Gasteiger partial charge is 0.447 e. The normalized spacial score (nSPS) is 14.2. The molecule has 0 saturated heterocycles. The number of hydrogen-bond acceptors (Lipinski definition) is 4. The Labute approximate surface area is 139 Å². The van der Waals surface area contributed by atoms with Gasteiger partial charge in [0.15, 0.2) is 12.1 Å². The average Bonchev–Trinajstić information content (AvgIpc) is 3.24. The number of fused-ring (bicyclic) bond motifs is 1. The van der Waals surface area contributed by atoms with E-state index in [2.05, 4.69) is 25.9 Å². The molecule has 1 fully saturated rings. The van der Waals surface area contributed by atoms with Crippen LogP contribution in [0.25, 0.3) is 11.0 Å². The van der Waals surface area contributed by atoms with E-state index in [1.54, 1.807) is 0 Å². The van der Waals surface area contributed by atoms with Crippen LogP contribution < -0.4 is 5.32 Å². The molecule has 0 bridgehead atoms. The second kappa shape index (κ2) is 6.11. The van der Waals surface area contributed by atoms with Crippen LogP contribution >= 0.6 is 0 Å². The molecular weight excluding hydrogens is 304 g/mol. The number of nitrogens with zero attached hydrogens (tertiary/aromatic N) is 3. The molecular formula is C18H20N4O2. The molecule has 0 radical (unpaired) electrons. The number of rotatable bonds is 6. The maximum Gasteiger partial charge on any atom is 0.273 e. The van der Waals surface area contributed by atoms with Crippen LogP contribution in [0.4, 0.5) is 0 Å². The first-order valence-corrected chi connectivity index (χ1v) is 8.36. The maximum absolute atomic E-state index is 12.2. The van der Waals surface area contributed by atoms with Crippen LogP contribution in [0.3, 0.4) is 0 Å². The summed E-state index contributed by atoms with van der Waals surface area (Å²) in [4.78, 5) is 20.9. The Morgan fingerprint density at radius 1 is 1.38 bits per heavy atom. The van der Waals surface area contributed by atoms with Crippen LogP contribution in [0, 0.1) is 0 Å². The van der Waals surface area contributed by atoms with Crippen molar-refractivity contribution in [2.45, 2.75) is 31.6 Å². The number of carbonyl (C=O) groups is 1. The van der Waals surface area contributed by atoms with Crippen LogP contribution in [0.1, 0.15) is 47.3 Å². The first-order valence-electron chi connectivity index (χ1n) is 8.36. The van der Waals surface area contributed by atoms with Crippen LogP contribution in [-0.2, 0) is 13.5 Å². The molecule has 124 valence electrons. The lowest BCUT2D eigenvalue weighted by atomic mass is 10.2. The van der Waals surface area contributed by atoms with Crippen molar-refractivity contribution < 1.29 is 9.21 Å². The Bertz CT molecular complexity index is 876. The lowest BCUT2D eigenvalue weighted by molar-refractivity contribution is 0.0946. The van der Waals surface area contributed by atoms with Gasteiger partial charge in [-0.05, 0) is 31.4 Å². The third-order valence-electron chi connectivity index (χ3n) is 4.50. The van der Waals surface area contributed by atoms with Gasteiger partial charge in [0.25, 0.3) is 5.91 Å². The van der Waals surface area contributed by atoms with Gasteiger partial charge in [0, 0.05) is 25.9 Å². The van der Waals surface area contributed by atoms with E-state index in [4.69, 9.17) is 4.42 Å². The topological polar surface area (TPSA) is 73.0 Å². The number of para-hydroxylation sites is 2. The standard InChI is InChI=1S/C18H20N4O2/c1-22-14-6-3-2-5-13(14)21-15(22)7-4-10-19-18(23)16-17(12-8-9-12)24-11-20-16/h2-3,5-6,11-12H,4,7-10H2,1H3,(H,19,23). The summed E-state index contributed by atoms with van der Waals surface area (Å²) in [5.74, 6) is 2.01. The number of amides is 1. The summed E-state index contributed by atoms with van der Waals surface area (Å²) in [6.07, 6.45) is 5.19. The molecule has 1 aromatic carbocycles. The summed E-state index contributed by atoms with van der Waals surface area (Å²) in [7, 11) is 2.03. The Kier molecular flexibility index (Phi) is 3.80. The zero-order chi connectivity index (χ0) is 16.5. The molecule has 0 atom stereocenters. The summed E-state index contributed by atoms with van der Waals surface area (Å²) in [5, 5.41) is 2.93. The molecule has 2 aromatic heterocycles. The van der Waals surface area contributed by atoms with E-state index < -0.39 is 0 Å². The van der Waals surface area contributed by atoms with Gasteiger partial charge in [-0.15, -0.1) is 0 Å². The Hall–Kier alpha value is -2.63. The number of imidazole rings is 1. The molecule has 0 aliphatic heterocycles. The number of oxazole rings is 1. The first kappa shape index (κ1) is 14.9. The van der Waals surface area contributed by atoms with Gasteiger partial charge in [0.05, 0.1) is 11.0 Å². The predicted molar refractivity (Wildman–Crippen MR) is 89.8 cm³/mol. The number of aryl methyl sites for hydroxylation is 2. The minimum Gasteiger partial charge on any atom is -0.447 e. The highest BCUT2D eigenvalue weighted by Crippen LogP contribution is 2.41. The number of nitrogens with one attached hydrogen (secondary N) is 1. The van der Waals surface area contributed by atoms with E-state index in [0.717, 1.165) is 48.3 Å². The molecule has 6 heteroatoms. The summed E-state index contributed by atoms with van der Waals surface area (Å²) in [6, 6.07) is 8.10.